The zero-order valence-electron chi connectivity index (χ0n) is 9.56. The second kappa shape index (κ2) is 4.72. The number of nitrogens with one attached hydrogen (secondary N) is 1. The van der Waals surface area contributed by atoms with Gasteiger partial charge in [0, 0.05) is 26.2 Å². The summed E-state index contributed by atoms with van der Waals surface area (Å²) in [5.74, 6) is -0.442. The van der Waals surface area contributed by atoms with Gasteiger partial charge in [-0.15, -0.1) is 0 Å². The first kappa shape index (κ1) is 12.5. The third-order valence-corrected chi connectivity index (χ3v) is 4.85. The van der Waals surface area contributed by atoms with Crippen LogP contribution in [0.3, 0.4) is 0 Å². The van der Waals surface area contributed by atoms with Crippen molar-refractivity contribution in [3.63, 3.8) is 0 Å². The number of hydrogen-bond acceptors (Lipinski definition) is 3. The number of nitrogens with zero attached hydrogens (tertiary/aromatic N) is 1. The van der Waals surface area contributed by atoms with E-state index in [0.717, 1.165) is 0 Å². The first-order valence-electron chi connectivity index (χ1n) is 5.40. The first-order valence-corrected chi connectivity index (χ1v) is 7.01. The summed E-state index contributed by atoms with van der Waals surface area (Å²) in [6.07, 6.45) is 0. The van der Waals surface area contributed by atoms with Gasteiger partial charge in [0.15, 0.2) is 0 Å². The Kier molecular flexibility index (Phi) is 3.46. The molecule has 1 N–H and O–H groups in total. The van der Waals surface area contributed by atoms with E-state index in [9.17, 15) is 12.8 Å². The molecule has 6 heteroatoms. The van der Waals surface area contributed by atoms with Crippen LogP contribution in [-0.4, -0.2) is 38.9 Å². The molecule has 1 aliphatic rings. The van der Waals surface area contributed by atoms with Crippen molar-refractivity contribution >= 4 is 10.0 Å². The van der Waals surface area contributed by atoms with E-state index in [1.165, 1.54) is 28.6 Å². The minimum Gasteiger partial charge on any atom is -0.313 e. The van der Waals surface area contributed by atoms with Crippen molar-refractivity contribution in [3.8, 4) is 0 Å². The van der Waals surface area contributed by atoms with Crippen molar-refractivity contribution in [1.82, 2.24) is 9.62 Å². The maximum atomic E-state index is 12.7. The highest BCUT2D eigenvalue weighted by atomic mass is 32.2. The second-order valence-corrected chi connectivity index (χ2v) is 6.24. The smallest absolute Gasteiger partial charge is 0.218 e. The van der Waals surface area contributed by atoms with Crippen molar-refractivity contribution < 1.29 is 12.8 Å². The van der Waals surface area contributed by atoms with Crippen LogP contribution in [0.25, 0.3) is 0 Å². The molecule has 0 spiro atoms. The van der Waals surface area contributed by atoms with Crippen LogP contribution in [0.2, 0.25) is 0 Å². The SMILES string of the molecule is CN(C1CNC1)S(=O)(=O)Cc1ccc(F)cc1. The summed E-state index contributed by atoms with van der Waals surface area (Å²) >= 11 is 0. The van der Waals surface area contributed by atoms with E-state index in [1.54, 1.807) is 7.05 Å². The molecular weight excluding hydrogens is 243 g/mol. The summed E-state index contributed by atoms with van der Waals surface area (Å²) < 4.78 is 38.1. The highest BCUT2D eigenvalue weighted by molar-refractivity contribution is 7.88. The third kappa shape index (κ3) is 2.83. The zero-order chi connectivity index (χ0) is 12.5. The number of benzene rings is 1. The molecular formula is C11H15FN2O2S. The third-order valence-electron chi connectivity index (χ3n) is 2.98. The summed E-state index contributed by atoms with van der Waals surface area (Å²) in [5.41, 5.74) is 0.602. The quantitative estimate of drug-likeness (QED) is 0.858. The lowest BCUT2D eigenvalue weighted by molar-refractivity contribution is 0.274. The fourth-order valence-corrected chi connectivity index (χ4v) is 3.07. The van der Waals surface area contributed by atoms with Crippen LogP contribution in [0.4, 0.5) is 4.39 Å². The van der Waals surface area contributed by atoms with Gasteiger partial charge in [0.25, 0.3) is 0 Å². The summed E-state index contributed by atoms with van der Waals surface area (Å²) in [5, 5.41) is 3.03. The highest BCUT2D eigenvalue weighted by Crippen LogP contribution is 2.14. The molecule has 0 bridgehead atoms. The fraction of sp³-hybridized carbons (Fsp3) is 0.455. The van der Waals surface area contributed by atoms with E-state index in [0.29, 0.717) is 18.7 Å². The van der Waals surface area contributed by atoms with Crippen LogP contribution < -0.4 is 5.32 Å². The molecule has 0 saturated carbocycles. The maximum Gasteiger partial charge on any atom is 0.218 e. The molecule has 1 aliphatic heterocycles. The number of hydrogen-bond donors (Lipinski definition) is 1. The van der Waals surface area contributed by atoms with Gasteiger partial charge in [-0.1, -0.05) is 12.1 Å². The van der Waals surface area contributed by atoms with Gasteiger partial charge >= 0.3 is 0 Å². The topological polar surface area (TPSA) is 49.4 Å². The maximum absolute atomic E-state index is 12.7. The molecule has 0 amide bonds. The number of sulfonamides is 1. The van der Waals surface area contributed by atoms with Gasteiger partial charge in [-0.2, -0.15) is 4.31 Å². The van der Waals surface area contributed by atoms with Gasteiger partial charge in [-0.05, 0) is 17.7 Å². The Morgan fingerprint density at radius 1 is 1.35 bits per heavy atom. The van der Waals surface area contributed by atoms with Gasteiger partial charge in [-0.25, -0.2) is 12.8 Å². The summed E-state index contributed by atoms with van der Waals surface area (Å²) in [6, 6.07) is 5.59. The van der Waals surface area contributed by atoms with E-state index < -0.39 is 10.0 Å². The van der Waals surface area contributed by atoms with Crippen molar-refractivity contribution in [3.05, 3.63) is 35.6 Å². The molecule has 1 aromatic carbocycles. The Labute approximate surface area is 100 Å². The molecule has 0 atom stereocenters. The van der Waals surface area contributed by atoms with Gasteiger partial charge in [0.2, 0.25) is 10.0 Å². The van der Waals surface area contributed by atoms with Gasteiger partial charge in [-0.3, -0.25) is 0 Å². The molecule has 17 heavy (non-hydrogen) atoms. The van der Waals surface area contributed by atoms with Gasteiger partial charge in [0.05, 0.1) is 5.75 Å². The molecule has 0 aromatic heterocycles. The predicted molar refractivity (Wildman–Crippen MR) is 63.4 cm³/mol. The standard InChI is InChI=1S/C11H15FN2O2S/c1-14(11-6-13-7-11)17(15,16)8-9-2-4-10(12)5-3-9/h2-5,11,13H,6-8H2,1H3. The number of likely N-dealkylation sites (N-methyl/N-ethyl adjacent to an activating group) is 1. The molecule has 1 fully saturated rings. The average Bonchev–Trinajstić information content (AvgIpc) is 2.18. The molecule has 94 valence electrons. The lowest BCUT2D eigenvalue weighted by Crippen LogP contribution is -2.57. The molecule has 0 unspecified atom stereocenters. The van der Waals surface area contributed by atoms with Crippen molar-refractivity contribution in [2.24, 2.45) is 0 Å². The Balaban J connectivity index is 2.08. The van der Waals surface area contributed by atoms with Crippen LogP contribution in [-0.2, 0) is 15.8 Å². The Bertz CT molecular complexity index is 483. The molecule has 0 radical (unpaired) electrons. The highest BCUT2D eigenvalue weighted by Gasteiger charge is 2.30. The minimum atomic E-state index is -3.32. The first-order chi connectivity index (χ1) is 7.99. The zero-order valence-corrected chi connectivity index (χ0v) is 10.4. The normalized spacial score (nSPS) is 17.1. The lowest BCUT2D eigenvalue weighted by atomic mass is 10.2. The van der Waals surface area contributed by atoms with Crippen molar-refractivity contribution in [2.45, 2.75) is 11.8 Å². The van der Waals surface area contributed by atoms with Crippen LogP contribution in [0.1, 0.15) is 5.56 Å². The van der Waals surface area contributed by atoms with Crippen LogP contribution in [0.5, 0.6) is 0 Å². The molecule has 2 rings (SSSR count). The molecule has 1 aromatic rings. The summed E-state index contributed by atoms with van der Waals surface area (Å²) in [7, 11) is -1.73. The average molecular weight is 258 g/mol. The minimum absolute atomic E-state index is 0.0421. The lowest BCUT2D eigenvalue weighted by Gasteiger charge is -2.34. The molecule has 1 heterocycles. The number of rotatable bonds is 4. The van der Waals surface area contributed by atoms with E-state index in [-0.39, 0.29) is 17.6 Å². The molecule has 1 saturated heterocycles. The number of halogens is 1. The largest absolute Gasteiger partial charge is 0.313 e. The Hall–Kier alpha value is -0.980. The Morgan fingerprint density at radius 2 is 1.94 bits per heavy atom. The second-order valence-electron chi connectivity index (χ2n) is 4.21. The van der Waals surface area contributed by atoms with Crippen molar-refractivity contribution in [2.75, 3.05) is 20.1 Å². The fourth-order valence-electron chi connectivity index (χ4n) is 1.65. The summed E-state index contributed by atoms with van der Waals surface area (Å²) in [4.78, 5) is 0. The summed E-state index contributed by atoms with van der Waals surface area (Å²) in [6.45, 7) is 1.39. The van der Waals surface area contributed by atoms with Crippen LogP contribution in [0.15, 0.2) is 24.3 Å². The van der Waals surface area contributed by atoms with Gasteiger partial charge in [0.1, 0.15) is 5.82 Å². The van der Waals surface area contributed by atoms with Crippen LogP contribution in [0, 0.1) is 5.82 Å². The van der Waals surface area contributed by atoms with E-state index in [1.807, 2.05) is 0 Å². The van der Waals surface area contributed by atoms with Gasteiger partial charge < -0.3 is 5.32 Å². The monoisotopic (exact) mass is 258 g/mol. The van der Waals surface area contributed by atoms with Crippen LogP contribution >= 0.6 is 0 Å². The van der Waals surface area contributed by atoms with E-state index >= 15 is 0 Å². The predicted octanol–water partition coefficient (Wildman–Crippen LogP) is 0.559. The van der Waals surface area contributed by atoms with E-state index in [4.69, 9.17) is 0 Å². The van der Waals surface area contributed by atoms with Crippen molar-refractivity contribution in [1.29, 1.82) is 0 Å². The molecule has 4 nitrogen and oxygen atoms in total. The Morgan fingerprint density at radius 3 is 2.41 bits per heavy atom. The molecule has 0 aliphatic carbocycles. The van der Waals surface area contributed by atoms with E-state index in [2.05, 4.69) is 5.32 Å².